The van der Waals surface area contributed by atoms with Crippen molar-refractivity contribution in [2.75, 3.05) is 6.61 Å². The van der Waals surface area contributed by atoms with Gasteiger partial charge in [0.05, 0.1) is 6.61 Å². The van der Waals surface area contributed by atoms with Crippen molar-refractivity contribution in [3.8, 4) is 5.75 Å². The number of para-hydroxylation sites is 1. The van der Waals surface area contributed by atoms with E-state index in [0.29, 0.717) is 6.61 Å². The normalized spacial score (nSPS) is 12.2. The van der Waals surface area contributed by atoms with Gasteiger partial charge in [-0.05, 0) is 37.1 Å². The number of benzene rings is 1. The van der Waals surface area contributed by atoms with Gasteiger partial charge in [0.1, 0.15) is 11.9 Å². The van der Waals surface area contributed by atoms with Crippen LogP contribution < -0.4 is 4.74 Å². The summed E-state index contributed by atoms with van der Waals surface area (Å²) >= 11 is 0. The van der Waals surface area contributed by atoms with Crippen LogP contribution in [0.25, 0.3) is 0 Å². The maximum absolute atomic E-state index is 10.5. The quantitative estimate of drug-likeness (QED) is 0.894. The van der Waals surface area contributed by atoms with Crippen LogP contribution in [0.3, 0.4) is 0 Å². The number of aromatic nitrogens is 1. The Morgan fingerprint density at radius 3 is 2.79 bits per heavy atom. The average Bonchev–Trinajstić information content (AvgIpc) is 2.44. The Bertz CT molecular complexity index is 540. The highest BCUT2D eigenvalue weighted by atomic mass is 16.5. The zero-order valence-electron chi connectivity index (χ0n) is 11.3. The Morgan fingerprint density at radius 2 is 2.05 bits per heavy atom. The van der Waals surface area contributed by atoms with Crippen LogP contribution in [0.4, 0.5) is 0 Å². The Labute approximate surface area is 113 Å². The van der Waals surface area contributed by atoms with E-state index in [0.717, 1.165) is 29.0 Å². The van der Waals surface area contributed by atoms with Crippen molar-refractivity contribution < 1.29 is 9.84 Å². The summed E-state index contributed by atoms with van der Waals surface area (Å²) in [6.45, 7) is 4.63. The molecule has 2 aromatic rings. The Kier molecular flexibility index (Phi) is 4.53. The molecular formula is C16H19NO2. The summed E-state index contributed by atoms with van der Waals surface area (Å²) in [5.74, 6) is 0.742. The zero-order valence-corrected chi connectivity index (χ0v) is 11.3. The average molecular weight is 257 g/mol. The van der Waals surface area contributed by atoms with Crippen LogP contribution in [0.1, 0.15) is 36.3 Å². The molecule has 0 aliphatic heterocycles. The second kappa shape index (κ2) is 6.34. The second-order valence-electron chi connectivity index (χ2n) is 4.52. The molecule has 0 fully saturated rings. The van der Waals surface area contributed by atoms with E-state index in [1.807, 2.05) is 43.3 Å². The molecule has 0 aliphatic rings. The fraction of sp³-hybridized carbons (Fsp3) is 0.312. The predicted molar refractivity (Wildman–Crippen MR) is 75.3 cm³/mol. The lowest BCUT2D eigenvalue weighted by Crippen LogP contribution is -2.05. The summed E-state index contributed by atoms with van der Waals surface area (Å²) in [6.07, 6.45) is 1.97. The number of pyridine rings is 1. The highest BCUT2D eigenvalue weighted by Crippen LogP contribution is 2.29. The van der Waals surface area contributed by atoms with Crippen LogP contribution in [0, 0.1) is 6.92 Å². The maximum Gasteiger partial charge on any atom is 0.125 e. The van der Waals surface area contributed by atoms with Crippen LogP contribution in [0.5, 0.6) is 5.75 Å². The van der Waals surface area contributed by atoms with Gasteiger partial charge in [0.15, 0.2) is 0 Å². The third-order valence-corrected chi connectivity index (χ3v) is 2.91. The van der Waals surface area contributed by atoms with Gasteiger partial charge < -0.3 is 9.84 Å². The van der Waals surface area contributed by atoms with Crippen LogP contribution in [-0.4, -0.2) is 16.7 Å². The van der Waals surface area contributed by atoms with E-state index in [-0.39, 0.29) is 0 Å². The van der Waals surface area contributed by atoms with E-state index in [2.05, 4.69) is 11.9 Å². The standard InChI is InChI=1S/C16H19NO2/c1-3-10-19-15-7-5-4-6-14(15)16(18)13-8-9-17-12(2)11-13/h4-9,11,16,18H,3,10H2,1-2H3. The van der Waals surface area contributed by atoms with Gasteiger partial charge in [0.25, 0.3) is 0 Å². The lowest BCUT2D eigenvalue weighted by Gasteiger charge is -2.16. The minimum atomic E-state index is -0.685. The fourth-order valence-corrected chi connectivity index (χ4v) is 1.97. The summed E-state index contributed by atoms with van der Waals surface area (Å²) in [5, 5.41) is 10.5. The molecule has 0 radical (unpaired) electrons. The lowest BCUT2D eigenvalue weighted by molar-refractivity contribution is 0.210. The Balaban J connectivity index is 2.30. The third-order valence-electron chi connectivity index (χ3n) is 2.91. The van der Waals surface area contributed by atoms with E-state index in [4.69, 9.17) is 4.74 Å². The number of aliphatic hydroxyl groups excluding tert-OH is 1. The molecule has 19 heavy (non-hydrogen) atoms. The molecule has 2 rings (SSSR count). The molecule has 1 atom stereocenters. The SMILES string of the molecule is CCCOc1ccccc1C(O)c1ccnc(C)c1. The van der Waals surface area contributed by atoms with Crippen molar-refractivity contribution in [3.05, 3.63) is 59.4 Å². The van der Waals surface area contributed by atoms with E-state index in [1.165, 1.54) is 0 Å². The predicted octanol–water partition coefficient (Wildman–Crippen LogP) is 3.26. The first-order valence-corrected chi connectivity index (χ1v) is 6.54. The van der Waals surface area contributed by atoms with Crippen LogP contribution in [-0.2, 0) is 0 Å². The summed E-state index contributed by atoms with van der Waals surface area (Å²) in [6, 6.07) is 11.3. The van der Waals surface area contributed by atoms with Crippen molar-refractivity contribution >= 4 is 0 Å². The molecule has 0 bridgehead atoms. The van der Waals surface area contributed by atoms with Crippen molar-refractivity contribution in [1.29, 1.82) is 0 Å². The third kappa shape index (κ3) is 3.32. The number of ether oxygens (including phenoxy) is 1. The molecule has 0 saturated carbocycles. The van der Waals surface area contributed by atoms with Crippen molar-refractivity contribution in [1.82, 2.24) is 4.98 Å². The fourth-order valence-electron chi connectivity index (χ4n) is 1.97. The first kappa shape index (κ1) is 13.6. The first-order chi connectivity index (χ1) is 9.22. The van der Waals surface area contributed by atoms with Crippen LogP contribution in [0.2, 0.25) is 0 Å². The van der Waals surface area contributed by atoms with Gasteiger partial charge in [-0.3, -0.25) is 4.98 Å². The first-order valence-electron chi connectivity index (χ1n) is 6.54. The summed E-state index contributed by atoms with van der Waals surface area (Å²) in [7, 11) is 0. The minimum absolute atomic E-state index is 0.652. The highest BCUT2D eigenvalue weighted by molar-refractivity contribution is 5.40. The van der Waals surface area contributed by atoms with Crippen LogP contribution in [0.15, 0.2) is 42.6 Å². The zero-order chi connectivity index (χ0) is 13.7. The molecule has 3 nitrogen and oxygen atoms in total. The van der Waals surface area contributed by atoms with E-state index < -0.39 is 6.10 Å². The van der Waals surface area contributed by atoms with Gasteiger partial charge in [-0.1, -0.05) is 25.1 Å². The molecule has 1 unspecified atom stereocenters. The molecule has 0 aliphatic carbocycles. The molecule has 0 saturated heterocycles. The number of hydrogen-bond donors (Lipinski definition) is 1. The monoisotopic (exact) mass is 257 g/mol. The molecule has 1 aromatic carbocycles. The molecule has 0 spiro atoms. The van der Waals surface area contributed by atoms with Crippen molar-refractivity contribution in [2.24, 2.45) is 0 Å². The van der Waals surface area contributed by atoms with E-state index in [1.54, 1.807) is 6.20 Å². The molecule has 1 heterocycles. The molecule has 0 amide bonds. The smallest absolute Gasteiger partial charge is 0.125 e. The Hall–Kier alpha value is -1.87. The second-order valence-corrected chi connectivity index (χ2v) is 4.52. The van der Waals surface area contributed by atoms with E-state index in [9.17, 15) is 5.11 Å². The minimum Gasteiger partial charge on any atom is -0.493 e. The summed E-state index contributed by atoms with van der Waals surface area (Å²) in [4.78, 5) is 4.15. The number of hydrogen-bond acceptors (Lipinski definition) is 3. The number of aryl methyl sites for hydroxylation is 1. The molecule has 1 N–H and O–H groups in total. The van der Waals surface area contributed by atoms with E-state index >= 15 is 0 Å². The van der Waals surface area contributed by atoms with Gasteiger partial charge in [-0.15, -0.1) is 0 Å². The highest BCUT2D eigenvalue weighted by Gasteiger charge is 2.15. The number of rotatable bonds is 5. The lowest BCUT2D eigenvalue weighted by atomic mass is 10.0. The summed E-state index contributed by atoms with van der Waals surface area (Å²) in [5.41, 5.74) is 2.52. The molecule has 3 heteroatoms. The largest absolute Gasteiger partial charge is 0.493 e. The van der Waals surface area contributed by atoms with Crippen molar-refractivity contribution in [2.45, 2.75) is 26.4 Å². The van der Waals surface area contributed by atoms with Crippen LogP contribution >= 0.6 is 0 Å². The molecular weight excluding hydrogens is 238 g/mol. The van der Waals surface area contributed by atoms with Gasteiger partial charge in [-0.2, -0.15) is 0 Å². The van der Waals surface area contributed by atoms with Gasteiger partial charge in [0, 0.05) is 17.5 Å². The van der Waals surface area contributed by atoms with Gasteiger partial charge in [-0.25, -0.2) is 0 Å². The maximum atomic E-state index is 10.5. The number of nitrogens with zero attached hydrogens (tertiary/aromatic N) is 1. The molecule has 100 valence electrons. The molecule has 1 aromatic heterocycles. The topological polar surface area (TPSA) is 42.4 Å². The Morgan fingerprint density at radius 1 is 1.26 bits per heavy atom. The van der Waals surface area contributed by atoms with Gasteiger partial charge in [0.2, 0.25) is 0 Å². The summed E-state index contributed by atoms with van der Waals surface area (Å²) < 4.78 is 5.68. The van der Waals surface area contributed by atoms with Gasteiger partial charge >= 0.3 is 0 Å². The number of aliphatic hydroxyl groups is 1. The van der Waals surface area contributed by atoms with Crippen molar-refractivity contribution in [3.63, 3.8) is 0 Å².